The molecule has 2 saturated heterocycles. The van der Waals surface area contributed by atoms with Crippen LogP contribution in [0.25, 0.3) is 11.2 Å². The van der Waals surface area contributed by atoms with Gasteiger partial charge in [-0.3, -0.25) is 18.9 Å². The summed E-state index contributed by atoms with van der Waals surface area (Å²) >= 11 is 0. The lowest BCUT2D eigenvalue weighted by atomic mass is 10.0. The SMILES string of the molecule is Nc1nc2c(ncn2[C@@H]2O[C@@]3(COP(=O)(O)OP(=O)(O)OP(=O)(O)O)COC2[C@H]3O)c(=O)[nH]1. The molecule has 22 heteroatoms. The van der Waals surface area contributed by atoms with Crippen molar-refractivity contribution in [2.45, 2.75) is 24.0 Å². The molecule has 19 nitrogen and oxygen atoms in total. The number of phosphoric acid groups is 3. The predicted molar refractivity (Wildman–Crippen MR) is 101 cm³/mol. The van der Waals surface area contributed by atoms with Crippen LogP contribution in [-0.4, -0.2) is 75.2 Å². The maximum Gasteiger partial charge on any atom is 0.490 e. The van der Waals surface area contributed by atoms with Gasteiger partial charge in [0.05, 0.1) is 19.5 Å². The summed E-state index contributed by atoms with van der Waals surface area (Å²) in [4.78, 5) is 58.1. The van der Waals surface area contributed by atoms with Crippen molar-refractivity contribution < 1.29 is 61.0 Å². The Morgan fingerprint density at radius 1 is 1.24 bits per heavy atom. The Morgan fingerprint density at radius 2 is 1.94 bits per heavy atom. The number of aliphatic hydroxyl groups is 1. The number of hydrogen-bond acceptors (Lipinski definition) is 13. The van der Waals surface area contributed by atoms with Crippen molar-refractivity contribution in [1.82, 2.24) is 19.5 Å². The summed E-state index contributed by atoms with van der Waals surface area (Å²) in [6.07, 6.45) is -2.51. The normalized spacial score (nSPS) is 31.0. The van der Waals surface area contributed by atoms with Gasteiger partial charge in [0.1, 0.15) is 17.8 Å². The summed E-state index contributed by atoms with van der Waals surface area (Å²) < 4.78 is 58.4. The number of H-pyrrole nitrogens is 1. The van der Waals surface area contributed by atoms with Gasteiger partial charge < -0.3 is 39.9 Å². The van der Waals surface area contributed by atoms with Crippen LogP contribution in [0.5, 0.6) is 0 Å². The van der Waals surface area contributed by atoms with Crippen molar-refractivity contribution in [2.75, 3.05) is 18.9 Å². The zero-order chi connectivity index (χ0) is 24.4. The van der Waals surface area contributed by atoms with Crippen molar-refractivity contribution in [3.63, 3.8) is 0 Å². The fraction of sp³-hybridized carbons (Fsp3) is 0.545. The number of aromatic amines is 1. The van der Waals surface area contributed by atoms with Gasteiger partial charge in [-0.2, -0.15) is 13.6 Å². The Morgan fingerprint density at radius 3 is 2.61 bits per heavy atom. The van der Waals surface area contributed by atoms with Crippen LogP contribution in [0, 0.1) is 0 Å². The summed E-state index contributed by atoms with van der Waals surface area (Å²) in [5.74, 6) is -0.221. The first-order valence-corrected chi connectivity index (χ1v) is 13.1. The molecule has 33 heavy (non-hydrogen) atoms. The molecule has 4 heterocycles. The van der Waals surface area contributed by atoms with Crippen LogP contribution < -0.4 is 11.3 Å². The molecular weight excluding hydrogens is 519 g/mol. The highest BCUT2D eigenvalue weighted by molar-refractivity contribution is 7.66. The van der Waals surface area contributed by atoms with Crippen LogP contribution in [0.3, 0.4) is 0 Å². The summed E-state index contributed by atoms with van der Waals surface area (Å²) in [5, 5.41) is 10.6. The smallest absolute Gasteiger partial charge is 0.387 e. The van der Waals surface area contributed by atoms with E-state index in [2.05, 4.69) is 28.1 Å². The van der Waals surface area contributed by atoms with E-state index in [1.807, 2.05) is 0 Å². The maximum atomic E-state index is 12.0. The van der Waals surface area contributed by atoms with Gasteiger partial charge in [0.15, 0.2) is 17.4 Å². The topological polar surface area (TPSA) is 288 Å². The number of imidazole rings is 1. The number of hydrogen-bond donors (Lipinski definition) is 7. The van der Waals surface area contributed by atoms with E-state index in [0.717, 1.165) is 0 Å². The van der Waals surface area contributed by atoms with Crippen molar-refractivity contribution in [3.05, 3.63) is 16.7 Å². The number of aliphatic hydroxyl groups excluding tert-OH is 1. The first kappa shape index (κ1) is 24.6. The highest BCUT2D eigenvalue weighted by Gasteiger charge is 2.63. The van der Waals surface area contributed by atoms with Crippen LogP contribution in [0.4, 0.5) is 5.95 Å². The number of nitrogens with one attached hydrogen (secondary N) is 1. The van der Waals surface area contributed by atoms with Crippen LogP contribution in [0.15, 0.2) is 11.1 Å². The minimum Gasteiger partial charge on any atom is -0.387 e. The predicted octanol–water partition coefficient (Wildman–Crippen LogP) is -1.93. The van der Waals surface area contributed by atoms with E-state index in [4.69, 9.17) is 25.0 Å². The molecule has 2 bridgehead atoms. The third kappa shape index (κ3) is 4.82. The summed E-state index contributed by atoms with van der Waals surface area (Å²) in [6, 6.07) is 0. The minimum atomic E-state index is -5.72. The molecule has 2 aromatic rings. The minimum absolute atomic E-state index is 0.00682. The van der Waals surface area contributed by atoms with Gasteiger partial charge in [-0.25, -0.2) is 18.7 Å². The molecule has 0 radical (unpaired) electrons. The molecule has 3 unspecified atom stereocenters. The number of nitrogens with two attached hydrogens (primary N) is 1. The number of nitrogen functional groups attached to an aromatic ring is 1. The van der Waals surface area contributed by atoms with Gasteiger partial charge >= 0.3 is 23.5 Å². The van der Waals surface area contributed by atoms with E-state index < -0.39 is 59.7 Å². The zero-order valence-corrected chi connectivity index (χ0v) is 18.6. The van der Waals surface area contributed by atoms with Crippen LogP contribution in [0.2, 0.25) is 0 Å². The molecular formula is C11H16N5O14P3. The molecule has 0 aromatic carbocycles. The average Bonchev–Trinajstić information content (AvgIpc) is 3.27. The average molecular weight is 535 g/mol. The lowest BCUT2D eigenvalue weighted by molar-refractivity contribution is -0.183. The van der Waals surface area contributed by atoms with Gasteiger partial charge in [-0.05, 0) is 0 Å². The number of anilines is 1. The van der Waals surface area contributed by atoms with Gasteiger partial charge in [0.25, 0.3) is 5.56 Å². The Balaban J connectivity index is 1.52. The van der Waals surface area contributed by atoms with Gasteiger partial charge in [0.2, 0.25) is 5.95 Å². The van der Waals surface area contributed by atoms with Crippen molar-refractivity contribution in [2.24, 2.45) is 0 Å². The quantitative estimate of drug-likeness (QED) is 0.181. The fourth-order valence-corrected chi connectivity index (χ4v) is 6.44. The molecule has 0 aliphatic carbocycles. The number of phosphoric ester groups is 1. The zero-order valence-electron chi connectivity index (χ0n) is 15.9. The van der Waals surface area contributed by atoms with E-state index in [0.29, 0.717) is 0 Å². The standard InChI is InChI=1S/C11H16N5O14P3/c12-10-14-7-4(8(18)15-10)13-3-16(7)9-5-6(17)11(28-9,1-26-5)2-27-32(22,23)30-33(24,25)29-31(19,20)21/h3,5-6,9,17H,1-2H2,(H,22,23)(H,24,25)(H2,19,20,21)(H3,12,14,15,18)/t5?,6-,9-,11-/m1/s1. The molecule has 4 rings (SSSR count). The third-order valence-electron chi connectivity index (χ3n) is 4.62. The maximum absolute atomic E-state index is 12.0. The molecule has 0 saturated carbocycles. The lowest BCUT2D eigenvalue weighted by Gasteiger charge is -2.31. The van der Waals surface area contributed by atoms with Crippen molar-refractivity contribution in [1.29, 1.82) is 0 Å². The Labute approximate surface area is 181 Å². The fourth-order valence-electron chi connectivity index (χ4n) is 3.36. The molecule has 8 N–H and O–H groups in total. The summed E-state index contributed by atoms with van der Waals surface area (Å²) in [6.45, 7) is -1.29. The molecule has 2 aliphatic heterocycles. The van der Waals surface area contributed by atoms with Crippen molar-refractivity contribution >= 4 is 40.6 Å². The molecule has 184 valence electrons. The Hall–Kier alpha value is -1.56. The molecule has 0 amide bonds. The number of rotatable bonds is 8. The number of nitrogens with zero attached hydrogens (tertiary/aromatic N) is 3. The molecule has 2 aliphatic rings. The highest BCUT2D eigenvalue weighted by Crippen LogP contribution is 2.66. The van der Waals surface area contributed by atoms with Crippen LogP contribution >= 0.6 is 23.5 Å². The lowest BCUT2D eigenvalue weighted by Crippen LogP contribution is -2.44. The highest BCUT2D eigenvalue weighted by atomic mass is 31.3. The Bertz CT molecular complexity index is 1290. The molecule has 2 aromatic heterocycles. The second-order valence-electron chi connectivity index (χ2n) is 6.93. The summed E-state index contributed by atoms with van der Waals surface area (Å²) in [5.41, 5.74) is 3.02. The molecule has 6 atom stereocenters. The second kappa shape index (κ2) is 8.00. The number of fused-ring (bicyclic) bond motifs is 3. The van der Waals surface area contributed by atoms with Gasteiger partial charge in [-0.15, -0.1) is 0 Å². The molecule has 2 fully saturated rings. The van der Waals surface area contributed by atoms with E-state index in [1.165, 1.54) is 10.9 Å². The van der Waals surface area contributed by atoms with Gasteiger partial charge in [0, 0.05) is 0 Å². The van der Waals surface area contributed by atoms with Crippen molar-refractivity contribution in [3.8, 4) is 0 Å². The van der Waals surface area contributed by atoms with E-state index in [1.54, 1.807) is 0 Å². The first-order chi connectivity index (χ1) is 15.1. The van der Waals surface area contributed by atoms with E-state index in [9.17, 15) is 33.4 Å². The Kier molecular flexibility index (Phi) is 5.95. The number of aromatic nitrogens is 4. The largest absolute Gasteiger partial charge is 0.490 e. The van der Waals surface area contributed by atoms with E-state index >= 15 is 0 Å². The van der Waals surface area contributed by atoms with Crippen LogP contribution in [-0.2, 0) is 36.3 Å². The monoisotopic (exact) mass is 535 g/mol. The summed E-state index contributed by atoms with van der Waals surface area (Å²) in [7, 11) is -16.7. The first-order valence-electron chi connectivity index (χ1n) is 8.60. The third-order valence-corrected chi connectivity index (χ3v) is 8.40. The van der Waals surface area contributed by atoms with Gasteiger partial charge in [-0.1, -0.05) is 0 Å². The molecule has 0 spiro atoms. The van der Waals surface area contributed by atoms with Crippen LogP contribution in [0.1, 0.15) is 6.23 Å². The van der Waals surface area contributed by atoms with E-state index in [-0.39, 0.29) is 23.7 Å². The second-order valence-corrected chi connectivity index (χ2v) is 11.4. The number of ether oxygens (including phenoxy) is 2.